The third-order valence-electron chi connectivity index (χ3n) is 6.41. The van der Waals surface area contributed by atoms with Crippen LogP contribution in [0.25, 0.3) is 11.5 Å². The van der Waals surface area contributed by atoms with Crippen molar-refractivity contribution < 1.29 is 19.4 Å². The van der Waals surface area contributed by atoms with Gasteiger partial charge < -0.3 is 20.1 Å². The van der Waals surface area contributed by atoms with Crippen molar-refractivity contribution in [2.75, 3.05) is 25.6 Å². The molecule has 1 aromatic carbocycles. The van der Waals surface area contributed by atoms with E-state index in [1.165, 1.54) is 11.8 Å². The van der Waals surface area contributed by atoms with E-state index in [9.17, 15) is 14.7 Å². The van der Waals surface area contributed by atoms with Gasteiger partial charge in [-0.05, 0) is 59.2 Å². The smallest absolute Gasteiger partial charge is 0.260 e. The summed E-state index contributed by atoms with van der Waals surface area (Å²) >= 11 is 0. The summed E-state index contributed by atoms with van der Waals surface area (Å²) in [5.74, 6) is 0.585. The first kappa shape index (κ1) is 25.0. The van der Waals surface area contributed by atoms with Gasteiger partial charge in [0.1, 0.15) is 17.3 Å². The Balaban J connectivity index is 1.38. The molecule has 13 heteroatoms. The van der Waals surface area contributed by atoms with Gasteiger partial charge in [0.05, 0.1) is 37.1 Å². The van der Waals surface area contributed by atoms with E-state index in [-0.39, 0.29) is 18.6 Å². The highest BCUT2D eigenvalue weighted by Gasteiger charge is 2.26. The molecule has 0 radical (unpaired) electrons. The highest BCUT2D eigenvalue weighted by atomic mass is 16.5. The maximum absolute atomic E-state index is 13.3. The summed E-state index contributed by atoms with van der Waals surface area (Å²) in [4.78, 5) is 32.5. The van der Waals surface area contributed by atoms with Crippen LogP contribution in [0.2, 0.25) is 0 Å². The molecule has 0 bridgehead atoms. The molecule has 0 spiro atoms. The summed E-state index contributed by atoms with van der Waals surface area (Å²) in [6, 6.07) is 8.38. The van der Waals surface area contributed by atoms with Gasteiger partial charge in [0.25, 0.3) is 11.8 Å². The second-order valence-electron chi connectivity index (χ2n) is 9.04. The number of aliphatic hydroxyl groups is 1. The molecule has 1 atom stereocenters. The molecule has 0 saturated carbocycles. The number of tetrazole rings is 1. The first-order chi connectivity index (χ1) is 18.4. The zero-order valence-electron chi connectivity index (χ0n) is 21.2. The largest absolute Gasteiger partial charge is 0.496 e. The van der Waals surface area contributed by atoms with Crippen LogP contribution >= 0.6 is 0 Å². The van der Waals surface area contributed by atoms with Crippen molar-refractivity contribution in [3.8, 4) is 17.3 Å². The molecule has 3 aromatic heterocycles. The standard InChI is InChI=1S/C25H27N9O4/c1-15(14-35)34-23(29-30-31-34)20-5-4-6-22(27-20)28-24(36)19-9-17-13-33(8-7-16(17)10-21(19)38-3)25(37)18-11-26-32(2)12-18/h4-6,9-12,15,35H,7-8,13-14H2,1-3H3,(H,27,28,36)/t15-/m1/s1. The Morgan fingerprint density at radius 1 is 1.24 bits per heavy atom. The van der Waals surface area contributed by atoms with Crippen molar-refractivity contribution in [3.05, 3.63) is 65.0 Å². The lowest BCUT2D eigenvalue weighted by atomic mass is 9.96. The Morgan fingerprint density at radius 3 is 2.82 bits per heavy atom. The van der Waals surface area contributed by atoms with Crippen LogP contribution in [0.1, 0.15) is 44.8 Å². The number of hydrogen-bond donors (Lipinski definition) is 2. The third-order valence-corrected chi connectivity index (χ3v) is 6.41. The van der Waals surface area contributed by atoms with E-state index >= 15 is 0 Å². The molecule has 4 heterocycles. The molecule has 2 amide bonds. The molecular formula is C25H27N9O4. The SMILES string of the molecule is COc1cc2c(cc1C(=O)Nc1cccc(-c3nnnn3[C@H](C)CO)n1)CN(C(=O)c1cnn(C)c1)CC2. The molecule has 2 N–H and O–H groups in total. The molecule has 38 heavy (non-hydrogen) atoms. The number of pyridine rings is 1. The van der Waals surface area contributed by atoms with E-state index in [0.717, 1.165) is 11.1 Å². The Bertz CT molecular complexity index is 1500. The lowest BCUT2D eigenvalue weighted by Gasteiger charge is -2.29. The fraction of sp³-hybridized carbons (Fsp3) is 0.320. The molecular weight excluding hydrogens is 490 g/mol. The van der Waals surface area contributed by atoms with E-state index in [0.29, 0.717) is 53.7 Å². The summed E-state index contributed by atoms with van der Waals surface area (Å²) < 4.78 is 8.59. The van der Waals surface area contributed by atoms with E-state index in [1.54, 1.807) is 60.2 Å². The molecule has 0 unspecified atom stereocenters. The number of rotatable bonds is 7. The monoisotopic (exact) mass is 517 g/mol. The van der Waals surface area contributed by atoms with Gasteiger partial charge >= 0.3 is 0 Å². The first-order valence-corrected chi connectivity index (χ1v) is 12.0. The third kappa shape index (κ3) is 4.83. The van der Waals surface area contributed by atoms with Crippen LogP contribution in [-0.2, 0) is 20.0 Å². The van der Waals surface area contributed by atoms with Crippen LogP contribution in [0.15, 0.2) is 42.7 Å². The van der Waals surface area contributed by atoms with E-state index in [4.69, 9.17) is 4.74 Å². The Labute approximate surface area is 218 Å². The molecule has 0 aliphatic carbocycles. The summed E-state index contributed by atoms with van der Waals surface area (Å²) in [6.45, 7) is 2.56. The van der Waals surface area contributed by atoms with Gasteiger partial charge in [0, 0.05) is 26.3 Å². The Hall–Kier alpha value is -4.65. The lowest BCUT2D eigenvalue weighted by Crippen LogP contribution is -2.36. The number of nitrogens with zero attached hydrogens (tertiary/aromatic N) is 8. The number of amides is 2. The van der Waals surface area contributed by atoms with Crippen LogP contribution < -0.4 is 10.1 Å². The van der Waals surface area contributed by atoms with Gasteiger partial charge in [-0.25, -0.2) is 9.67 Å². The number of nitrogens with one attached hydrogen (secondary N) is 1. The van der Waals surface area contributed by atoms with Gasteiger partial charge in [-0.3, -0.25) is 14.3 Å². The highest BCUT2D eigenvalue weighted by molar-refractivity contribution is 6.06. The first-order valence-electron chi connectivity index (χ1n) is 12.0. The summed E-state index contributed by atoms with van der Waals surface area (Å²) in [5.41, 5.74) is 3.19. The predicted molar refractivity (Wildman–Crippen MR) is 135 cm³/mol. The van der Waals surface area contributed by atoms with E-state index < -0.39 is 5.91 Å². The molecule has 4 aromatic rings. The number of aromatic nitrogens is 7. The average molecular weight is 518 g/mol. The van der Waals surface area contributed by atoms with Gasteiger partial charge in [-0.1, -0.05) is 6.07 Å². The van der Waals surface area contributed by atoms with Gasteiger partial charge in [0.2, 0.25) is 5.82 Å². The maximum atomic E-state index is 13.3. The van der Waals surface area contributed by atoms with Crippen molar-refractivity contribution in [1.29, 1.82) is 0 Å². The topological polar surface area (TPSA) is 153 Å². The Morgan fingerprint density at radius 2 is 2.08 bits per heavy atom. The minimum absolute atomic E-state index is 0.107. The second-order valence-corrected chi connectivity index (χ2v) is 9.04. The number of carbonyl (C=O) groups is 2. The van der Waals surface area contributed by atoms with Gasteiger partial charge in [-0.2, -0.15) is 5.10 Å². The highest BCUT2D eigenvalue weighted by Crippen LogP contribution is 2.29. The number of methoxy groups -OCH3 is 1. The number of benzene rings is 1. The van der Waals surface area contributed by atoms with Crippen molar-refractivity contribution in [2.45, 2.75) is 25.9 Å². The average Bonchev–Trinajstić information content (AvgIpc) is 3.60. The number of fused-ring (bicyclic) bond motifs is 1. The van der Waals surface area contributed by atoms with Gasteiger partial charge in [0.15, 0.2) is 0 Å². The van der Waals surface area contributed by atoms with Crippen LogP contribution in [0, 0.1) is 0 Å². The van der Waals surface area contributed by atoms with E-state index in [2.05, 4.69) is 30.9 Å². The number of carbonyl (C=O) groups excluding carboxylic acids is 2. The normalized spacial score (nSPS) is 13.6. The minimum Gasteiger partial charge on any atom is -0.496 e. The Kier molecular flexibility index (Phi) is 6.83. The van der Waals surface area contributed by atoms with Crippen molar-refractivity contribution in [3.63, 3.8) is 0 Å². The second kappa shape index (κ2) is 10.4. The van der Waals surface area contributed by atoms with Crippen LogP contribution in [0.5, 0.6) is 5.75 Å². The zero-order chi connectivity index (χ0) is 26.8. The number of anilines is 1. The minimum atomic E-state index is -0.409. The molecule has 196 valence electrons. The molecule has 5 rings (SSSR count). The fourth-order valence-corrected chi connectivity index (χ4v) is 4.37. The molecule has 0 saturated heterocycles. The number of hydrogen-bond acceptors (Lipinski definition) is 9. The lowest BCUT2D eigenvalue weighted by molar-refractivity contribution is 0.0734. The van der Waals surface area contributed by atoms with Crippen molar-refractivity contribution in [2.24, 2.45) is 7.05 Å². The maximum Gasteiger partial charge on any atom is 0.260 e. The predicted octanol–water partition coefficient (Wildman–Crippen LogP) is 1.48. The fourth-order valence-electron chi connectivity index (χ4n) is 4.37. The van der Waals surface area contributed by atoms with Crippen molar-refractivity contribution >= 4 is 17.6 Å². The quantitative estimate of drug-likeness (QED) is 0.371. The molecule has 1 aliphatic rings. The summed E-state index contributed by atoms with van der Waals surface area (Å²) in [6.07, 6.45) is 3.88. The molecule has 13 nitrogen and oxygen atoms in total. The number of aryl methyl sites for hydroxylation is 1. The number of ether oxygens (including phenoxy) is 1. The van der Waals surface area contributed by atoms with Crippen LogP contribution in [-0.4, -0.2) is 77.1 Å². The van der Waals surface area contributed by atoms with Gasteiger partial charge in [-0.15, -0.1) is 5.10 Å². The number of aliphatic hydroxyl groups excluding tert-OH is 1. The zero-order valence-corrected chi connectivity index (χ0v) is 21.2. The summed E-state index contributed by atoms with van der Waals surface area (Å²) in [5, 5.41) is 28.0. The molecule has 0 fully saturated rings. The van der Waals surface area contributed by atoms with Crippen molar-refractivity contribution in [1.82, 2.24) is 39.9 Å². The van der Waals surface area contributed by atoms with Crippen LogP contribution in [0.3, 0.4) is 0 Å². The van der Waals surface area contributed by atoms with E-state index in [1.807, 2.05) is 6.07 Å². The summed E-state index contributed by atoms with van der Waals surface area (Å²) in [7, 11) is 3.28. The van der Waals surface area contributed by atoms with Crippen LogP contribution in [0.4, 0.5) is 5.82 Å². The molecule has 1 aliphatic heterocycles.